The Morgan fingerprint density at radius 1 is 0.846 bits per heavy atom. The monoisotopic (exact) mass is 575 g/mol. The number of carbonyl (C=O) groups excluding carboxylic acids is 1. The highest BCUT2D eigenvalue weighted by molar-refractivity contribution is 6.31. The quantitative estimate of drug-likeness (QED) is 0.264. The molecule has 0 spiro atoms. The zero-order valence-electron chi connectivity index (χ0n) is 21.2. The molecule has 11 heteroatoms. The van der Waals surface area contributed by atoms with Gasteiger partial charge in [0.1, 0.15) is 11.4 Å². The molecule has 0 aliphatic carbocycles. The second-order valence-corrected chi connectivity index (χ2v) is 10.3. The molecule has 0 aliphatic heterocycles. The Hall–Kier alpha value is -3.27. The van der Waals surface area contributed by atoms with Crippen LogP contribution in [0.1, 0.15) is 53.4 Å². The second kappa shape index (κ2) is 11.5. The summed E-state index contributed by atoms with van der Waals surface area (Å²) in [5.41, 5.74) is -2.80. The van der Waals surface area contributed by atoms with Crippen molar-refractivity contribution < 1.29 is 40.3 Å². The van der Waals surface area contributed by atoms with Crippen LogP contribution in [0.5, 0.6) is 5.75 Å². The van der Waals surface area contributed by atoms with E-state index < -0.39 is 51.4 Å². The van der Waals surface area contributed by atoms with Crippen molar-refractivity contribution in [3.05, 3.63) is 99.3 Å². The average Bonchev–Trinajstić information content (AvgIpc) is 2.82. The first kappa shape index (κ1) is 30.3. The number of amides is 1. The molecule has 0 atom stereocenters. The van der Waals surface area contributed by atoms with Crippen LogP contribution < -0.4 is 4.74 Å². The van der Waals surface area contributed by atoms with Crippen molar-refractivity contribution in [3.63, 3.8) is 0 Å². The fraction of sp³-hybridized carbons (Fsp3) is 0.321. The number of carbonyl (C=O) groups is 1. The summed E-state index contributed by atoms with van der Waals surface area (Å²) in [6, 6.07) is 11.7. The zero-order chi connectivity index (χ0) is 29.2. The van der Waals surface area contributed by atoms with E-state index >= 15 is 0 Å². The fourth-order valence-corrected chi connectivity index (χ4v) is 3.95. The van der Waals surface area contributed by atoms with Crippen LogP contribution >= 0.6 is 11.6 Å². The minimum Gasteiger partial charge on any atom is -0.488 e. The Kier molecular flexibility index (Phi) is 8.89. The summed E-state index contributed by atoms with van der Waals surface area (Å²) in [5.74, 6) is -1.89. The van der Waals surface area contributed by atoms with Crippen molar-refractivity contribution in [1.29, 1.82) is 0 Å². The molecule has 0 aliphatic rings. The number of hydrogen-bond donors (Lipinski definition) is 0. The molecule has 3 rings (SSSR count). The van der Waals surface area contributed by atoms with Gasteiger partial charge in [-0.05, 0) is 68.7 Å². The molecule has 0 radical (unpaired) electrons. The first-order chi connectivity index (χ1) is 17.9. The van der Waals surface area contributed by atoms with Crippen molar-refractivity contribution in [2.75, 3.05) is 6.54 Å². The van der Waals surface area contributed by atoms with Gasteiger partial charge in [-0.25, -0.2) is 4.39 Å². The standard InChI is InChI=1S/C28H25ClF7NO2/c1-26(2,3)39-21-9-7-18(8-10-21)16-37(12-11-17-5-4-6-19(13-17)27(31,32)33)25(38)22-14-20(28(34,35)36)15-23(29)24(22)30/h4-10,13-15H,11-12,16H2,1-3H3. The van der Waals surface area contributed by atoms with Gasteiger partial charge >= 0.3 is 12.4 Å². The number of hydrogen-bond acceptors (Lipinski definition) is 2. The highest BCUT2D eigenvalue weighted by Gasteiger charge is 2.34. The van der Waals surface area contributed by atoms with Crippen molar-refractivity contribution in [2.45, 2.75) is 51.7 Å². The predicted octanol–water partition coefficient (Wildman–Crippen LogP) is 8.58. The van der Waals surface area contributed by atoms with Crippen molar-refractivity contribution >= 4 is 17.5 Å². The lowest BCUT2D eigenvalue weighted by molar-refractivity contribution is -0.138. The van der Waals surface area contributed by atoms with Gasteiger partial charge in [0.2, 0.25) is 0 Å². The Morgan fingerprint density at radius 3 is 2.03 bits per heavy atom. The first-order valence-electron chi connectivity index (χ1n) is 11.7. The number of nitrogens with zero attached hydrogens (tertiary/aromatic N) is 1. The van der Waals surface area contributed by atoms with Crippen LogP contribution in [0.4, 0.5) is 30.7 Å². The molecule has 0 N–H and O–H groups in total. The van der Waals surface area contributed by atoms with Crippen LogP contribution in [0.2, 0.25) is 5.02 Å². The highest BCUT2D eigenvalue weighted by Crippen LogP contribution is 2.34. The molecule has 3 aromatic rings. The molecule has 39 heavy (non-hydrogen) atoms. The summed E-state index contributed by atoms with van der Waals surface area (Å²) in [6.45, 7) is 5.17. The fourth-order valence-electron chi connectivity index (χ4n) is 3.74. The SMILES string of the molecule is CC(C)(C)Oc1ccc(CN(CCc2cccc(C(F)(F)F)c2)C(=O)c2cc(C(F)(F)F)cc(Cl)c2F)cc1. The van der Waals surface area contributed by atoms with Gasteiger partial charge < -0.3 is 9.64 Å². The van der Waals surface area contributed by atoms with Crippen LogP contribution in [0.3, 0.4) is 0 Å². The number of halogens is 8. The molecule has 1 amide bonds. The van der Waals surface area contributed by atoms with Crippen LogP contribution in [-0.2, 0) is 25.3 Å². The largest absolute Gasteiger partial charge is 0.488 e. The molecule has 3 aromatic carbocycles. The summed E-state index contributed by atoms with van der Waals surface area (Å²) in [6.07, 6.45) is -9.55. The normalized spacial score (nSPS) is 12.4. The van der Waals surface area contributed by atoms with E-state index in [1.807, 2.05) is 20.8 Å². The number of benzene rings is 3. The minimum atomic E-state index is -4.89. The van der Waals surface area contributed by atoms with Crippen LogP contribution in [0.25, 0.3) is 0 Å². The van der Waals surface area contributed by atoms with E-state index in [4.69, 9.17) is 16.3 Å². The molecular weight excluding hydrogens is 551 g/mol. The number of alkyl halides is 6. The van der Waals surface area contributed by atoms with Gasteiger partial charge in [-0.2, -0.15) is 26.3 Å². The maximum atomic E-state index is 14.8. The van der Waals surface area contributed by atoms with E-state index in [1.54, 1.807) is 24.3 Å². The maximum absolute atomic E-state index is 14.8. The van der Waals surface area contributed by atoms with Crippen molar-refractivity contribution in [1.82, 2.24) is 4.90 Å². The first-order valence-corrected chi connectivity index (χ1v) is 12.1. The summed E-state index contributed by atoms with van der Waals surface area (Å²) in [4.78, 5) is 14.4. The van der Waals surface area contributed by atoms with Crippen LogP contribution in [0, 0.1) is 5.82 Å². The summed E-state index contributed by atoms with van der Waals surface area (Å²) in [7, 11) is 0. The lowest BCUT2D eigenvalue weighted by Crippen LogP contribution is -2.33. The van der Waals surface area contributed by atoms with Crippen molar-refractivity contribution in [3.8, 4) is 5.75 Å². The third-order valence-electron chi connectivity index (χ3n) is 5.52. The molecule has 0 bridgehead atoms. The predicted molar refractivity (Wildman–Crippen MR) is 133 cm³/mol. The zero-order valence-corrected chi connectivity index (χ0v) is 21.9. The molecule has 0 heterocycles. The molecule has 3 nitrogen and oxygen atoms in total. The topological polar surface area (TPSA) is 29.5 Å². The molecule has 0 saturated carbocycles. The Balaban J connectivity index is 1.95. The number of ether oxygens (including phenoxy) is 1. The highest BCUT2D eigenvalue weighted by atomic mass is 35.5. The van der Waals surface area contributed by atoms with E-state index in [1.165, 1.54) is 12.1 Å². The average molecular weight is 576 g/mol. The summed E-state index contributed by atoms with van der Waals surface area (Å²) < 4.78 is 100.0. The number of rotatable bonds is 7. The summed E-state index contributed by atoms with van der Waals surface area (Å²) in [5, 5.41) is -0.880. The van der Waals surface area contributed by atoms with Crippen molar-refractivity contribution in [2.24, 2.45) is 0 Å². The lowest BCUT2D eigenvalue weighted by atomic mass is 10.1. The van der Waals surface area contributed by atoms with Gasteiger partial charge in [0.05, 0.1) is 21.7 Å². The van der Waals surface area contributed by atoms with Gasteiger partial charge in [0.25, 0.3) is 5.91 Å². The van der Waals surface area contributed by atoms with Gasteiger partial charge in [-0.1, -0.05) is 41.9 Å². The second-order valence-electron chi connectivity index (χ2n) is 9.85. The molecular formula is C28H25ClF7NO2. The third-order valence-corrected chi connectivity index (χ3v) is 5.79. The van der Waals surface area contributed by atoms with E-state index in [9.17, 15) is 35.5 Å². The van der Waals surface area contributed by atoms with Gasteiger partial charge in [0.15, 0.2) is 5.82 Å². The van der Waals surface area contributed by atoms with E-state index in [-0.39, 0.29) is 25.1 Å². The minimum absolute atomic E-state index is 0.0742. The van der Waals surface area contributed by atoms with Gasteiger partial charge in [-0.3, -0.25) is 4.79 Å². The Morgan fingerprint density at radius 2 is 1.46 bits per heavy atom. The lowest BCUT2D eigenvalue weighted by Gasteiger charge is -2.25. The van der Waals surface area contributed by atoms with Gasteiger partial charge in [0, 0.05) is 13.1 Å². The van der Waals surface area contributed by atoms with Crippen LogP contribution in [0.15, 0.2) is 60.7 Å². The van der Waals surface area contributed by atoms with E-state index in [2.05, 4.69) is 0 Å². The van der Waals surface area contributed by atoms with Gasteiger partial charge in [-0.15, -0.1) is 0 Å². The third kappa shape index (κ3) is 8.36. The van der Waals surface area contributed by atoms with E-state index in [0.29, 0.717) is 23.4 Å². The molecule has 0 unspecified atom stereocenters. The smallest absolute Gasteiger partial charge is 0.416 e. The molecule has 210 valence electrons. The maximum Gasteiger partial charge on any atom is 0.416 e. The van der Waals surface area contributed by atoms with Crippen LogP contribution in [-0.4, -0.2) is 23.0 Å². The molecule has 0 fully saturated rings. The molecule has 0 aromatic heterocycles. The Labute approximate surface area is 226 Å². The molecule has 0 saturated heterocycles. The summed E-state index contributed by atoms with van der Waals surface area (Å²) >= 11 is 5.67. The Bertz CT molecular complexity index is 1310. The van der Waals surface area contributed by atoms with E-state index in [0.717, 1.165) is 17.0 Å².